The maximum absolute atomic E-state index is 14.3. The standard InChI is InChI=1S/C20H17Cl2FO4.C2H6/c1-20(12-5-2-3-6-13(12)23)10-11-9-14(27-8-4-7-15(24)25)17(21)18(22)16(11)19(20)26;1-2/h2-3,5-6,9H,4,7-8,10H2,1H3,(H,24,25);1-2H3. The molecule has 1 atom stereocenters. The van der Waals surface area contributed by atoms with E-state index >= 15 is 0 Å². The number of benzene rings is 2. The van der Waals surface area contributed by atoms with Crippen LogP contribution in [0, 0.1) is 5.82 Å². The fraction of sp³-hybridized carbons (Fsp3) is 0.364. The monoisotopic (exact) mass is 440 g/mol. The first kappa shape index (κ1) is 23.2. The Bertz CT molecular complexity index is 929. The Morgan fingerprint density at radius 1 is 1.24 bits per heavy atom. The SMILES string of the molecule is CC.CC1(c2ccccc2F)Cc2cc(OCCCC(=O)O)c(Cl)c(Cl)c2C1=O. The van der Waals surface area contributed by atoms with Crippen LogP contribution in [-0.4, -0.2) is 23.5 Å². The number of ketones is 1. The Morgan fingerprint density at radius 3 is 2.52 bits per heavy atom. The highest BCUT2D eigenvalue weighted by Gasteiger charge is 2.46. The van der Waals surface area contributed by atoms with Gasteiger partial charge < -0.3 is 9.84 Å². The number of carbonyl (C=O) groups is 2. The number of hydrogen-bond acceptors (Lipinski definition) is 3. The molecule has 0 saturated heterocycles. The smallest absolute Gasteiger partial charge is 0.303 e. The second-order valence-corrected chi connectivity index (χ2v) is 7.46. The van der Waals surface area contributed by atoms with Gasteiger partial charge in [0, 0.05) is 17.5 Å². The minimum absolute atomic E-state index is 0.0276. The van der Waals surface area contributed by atoms with Crippen molar-refractivity contribution in [1.82, 2.24) is 0 Å². The van der Waals surface area contributed by atoms with Crippen molar-refractivity contribution in [2.45, 2.75) is 45.4 Å². The quantitative estimate of drug-likeness (QED) is 0.551. The zero-order valence-corrected chi connectivity index (χ0v) is 18.0. The van der Waals surface area contributed by atoms with Gasteiger partial charge in [-0.1, -0.05) is 55.2 Å². The van der Waals surface area contributed by atoms with Gasteiger partial charge in [-0.15, -0.1) is 0 Å². The van der Waals surface area contributed by atoms with E-state index in [1.807, 2.05) is 13.8 Å². The van der Waals surface area contributed by atoms with Gasteiger partial charge in [0.1, 0.15) is 16.6 Å². The number of carboxylic acids is 1. The average molecular weight is 441 g/mol. The Morgan fingerprint density at radius 2 is 1.90 bits per heavy atom. The number of carboxylic acid groups (broad SMARTS) is 1. The van der Waals surface area contributed by atoms with Crippen molar-refractivity contribution in [2.24, 2.45) is 0 Å². The van der Waals surface area contributed by atoms with Gasteiger partial charge in [-0.2, -0.15) is 0 Å². The number of halogens is 3. The fourth-order valence-electron chi connectivity index (χ4n) is 3.41. The Balaban J connectivity index is 0.00000145. The predicted octanol–water partition coefficient (Wildman–Crippen LogP) is 6.10. The number of carbonyl (C=O) groups excluding carboxylic acids is 1. The van der Waals surface area contributed by atoms with Crippen LogP contribution in [0.15, 0.2) is 30.3 Å². The van der Waals surface area contributed by atoms with Gasteiger partial charge >= 0.3 is 5.97 Å². The van der Waals surface area contributed by atoms with E-state index in [0.717, 1.165) is 0 Å². The second kappa shape index (κ2) is 9.59. The molecule has 2 aromatic rings. The number of hydrogen-bond donors (Lipinski definition) is 1. The lowest BCUT2D eigenvalue weighted by Crippen LogP contribution is -2.30. The fourth-order valence-corrected chi connectivity index (χ4v) is 3.92. The lowest BCUT2D eigenvalue weighted by Gasteiger charge is -2.23. The first-order chi connectivity index (χ1) is 13.8. The molecule has 0 saturated carbocycles. The third-order valence-electron chi connectivity index (χ3n) is 4.79. The molecule has 1 aliphatic rings. The molecule has 7 heteroatoms. The summed E-state index contributed by atoms with van der Waals surface area (Å²) < 4.78 is 19.9. The van der Waals surface area contributed by atoms with E-state index in [4.69, 9.17) is 33.0 Å². The molecule has 29 heavy (non-hydrogen) atoms. The molecule has 0 aliphatic heterocycles. The maximum atomic E-state index is 14.3. The van der Waals surface area contributed by atoms with Crippen molar-refractivity contribution in [3.05, 3.63) is 62.9 Å². The summed E-state index contributed by atoms with van der Waals surface area (Å²) in [7, 11) is 0. The molecule has 0 spiro atoms. The lowest BCUT2D eigenvalue weighted by atomic mass is 9.78. The summed E-state index contributed by atoms with van der Waals surface area (Å²) in [5.41, 5.74) is 0.142. The molecular weight excluding hydrogens is 418 g/mol. The first-order valence-corrected chi connectivity index (χ1v) is 10.2. The van der Waals surface area contributed by atoms with Crippen LogP contribution in [0.25, 0.3) is 0 Å². The van der Waals surface area contributed by atoms with Crippen molar-refractivity contribution in [2.75, 3.05) is 6.61 Å². The lowest BCUT2D eigenvalue weighted by molar-refractivity contribution is -0.137. The molecule has 4 nitrogen and oxygen atoms in total. The molecule has 1 N–H and O–H groups in total. The number of Topliss-reactive ketones (excluding diaryl/α,β-unsaturated/α-hetero) is 1. The maximum Gasteiger partial charge on any atom is 0.303 e. The van der Waals surface area contributed by atoms with Crippen LogP contribution in [0.4, 0.5) is 4.39 Å². The highest BCUT2D eigenvalue weighted by molar-refractivity contribution is 6.45. The summed E-state index contributed by atoms with van der Waals surface area (Å²) in [6.45, 7) is 5.84. The number of ether oxygens (including phenoxy) is 1. The molecule has 0 aromatic heterocycles. The van der Waals surface area contributed by atoms with Gasteiger partial charge in [0.05, 0.1) is 17.0 Å². The summed E-state index contributed by atoms with van der Waals surface area (Å²) in [6.07, 6.45) is 0.552. The number of fused-ring (bicyclic) bond motifs is 1. The summed E-state index contributed by atoms with van der Waals surface area (Å²) >= 11 is 12.6. The van der Waals surface area contributed by atoms with Crippen LogP contribution >= 0.6 is 23.2 Å². The molecule has 0 heterocycles. The van der Waals surface area contributed by atoms with E-state index < -0.39 is 17.2 Å². The molecule has 2 aromatic carbocycles. The Labute approximate surface area is 179 Å². The largest absolute Gasteiger partial charge is 0.492 e. The van der Waals surface area contributed by atoms with E-state index in [1.165, 1.54) is 6.07 Å². The molecule has 1 unspecified atom stereocenters. The van der Waals surface area contributed by atoms with Gasteiger partial charge in [-0.25, -0.2) is 4.39 Å². The van der Waals surface area contributed by atoms with Crippen LogP contribution in [-0.2, 0) is 16.6 Å². The van der Waals surface area contributed by atoms with E-state index in [0.29, 0.717) is 17.5 Å². The zero-order valence-electron chi connectivity index (χ0n) is 16.5. The third-order valence-corrected chi connectivity index (χ3v) is 5.64. The van der Waals surface area contributed by atoms with Crippen molar-refractivity contribution >= 4 is 35.0 Å². The van der Waals surface area contributed by atoms with Crippen LogP contribution in [0.3, 0.4) is 0 Å². The molecule has 0 bridgehead atoms. The van der Waals surface area contributed by atoms with E-state index in [2.05, 4.69) is 0 Å². The summed E-state index contributed by atoms with van der Waals surface area (Å²) in [6, 6.07) is 7.81. The van der Waals surface area contributed by atoms with Gasteiger partial charge in [0.25, 0.3) is 0 Å². The summed E-state index contributed by atoms with van der Waals surface area (Å²) in [4.78, 5) is 23.7. The van der Waals surface area contributed by atoms with Crippen molar-refractivity contribution in [3.8, 4) is 5.75 Å². The minimum Gasteiger partial charge on any atom is -0.492 e. The summed E-state index contributed by atoms with van der Waals surface area (Å²) in [5.74, 6) is -1.36. The van der Waals surface area contributed by atoms with Gasteiger partial charge in [0.2, 0.25) is 0 Å². The van der Waals surface area contributed by atoms with E-state index in [9.17, 15) is 14.0 Å². The molecule has 3 rings (SSSR count). The number of rotatable bonds is 6. The molecule has 0 amide bonds. The van der Waals surface area contributed by atoms with Crippen molar-refractivity contribution in [3.63, 3.8) is 0 Å². The first-order valence-electron chi connectivity index (χ1n) is 9.41. The van der Waals surface area contributed by atoms with Crippen LogP contribution in [0.2, 0.25) is 10.0 Å². The topological polar surface area (TPSA) is 63.6 Å². The third kappa shape index (κ3) is 4.57. The van der Waals surface area contributed by atoms with Crippen LogP contribution in [0.1, 0.15) is 55.1 Å². The zero-order chi connectivity index (χ0) is 21.8. The highest BCUT2D eigenvalue weighted by Crippen LogP contribution is 2.47. The molecule has 156 valence electrons. The van der Waals surface area contributed by atoms with E-state index in [-0.39, 0.29) is 46.6 Å². The van der Waals surface area contributed by atoms with Gasteiger partial charge in [-0.05, 0) is 37.5 Å². The predicted molar refractivity (Wildman–Crippen MR) is 112 cm³/mol. The molecule has 0 fully saturated rings. The van der Waals surface area contributed by atoms with Crippen molar-refractivity contribution < 1.29 is 23.8 Å². The Hall–Kier alpha value is -2.11. The molecular formula is C22H23Cl2FO4. The van der Waals surface area contributed by atoms with Gasteiger partial charge in [0.15, 0.2) is 5.78 Å². The number of aliphatic carboxylic acids is 1. The average Bonchev–Trinajstić information content (AvgIpc) is 2.95. The molecule has 1 aliphatic carbocycles. The Kier molecular flexibility index (Phi) is 7.66. The minimum atomic E-state index is -1.08. The summed E-state index contributed by atoms with van der Waals surface area (Å²) in [5, 5.41) is 8.85. The van der Waals surface area contributed by atoms with Gasteiger partial charge in [-0.3, -0.25) is 9.59 Å². The molecule has 0 radical (unpaired) electrons. The van der Waals surface area contributed by atoms with Crippen LogP contribution in [0.5, 0.6) is 5.75 Å². The second-order valence-electron chi connectivity index (χ2n) is 6.70. The van der Waals surface area contributed by atoms with E-state index in [1.54, 1.807) is 31.2 Å². The highest BCUT2D eigenvalue weighted by atomic mass is 35.5. The normalized spacial score (nSPS) is 17.4. The van der Waals surface area contributed by atoms with Crippen molar-refractivity contribution in [1.29, 1.82) is 0 Å². The van der Waals surface area contributed by atoms with Crippen LogP contribution < -0.4 is 4.74 Å².